The number of aliphatic hydroxyl groups is 1. The van der Waals surface area contributed by atoms with Gasteiger partial charge in [0.2, 0.25) is 0 Å². The molecular weight excluding hydrogens is 588 g/mol. The summed E-state index contributed by atoms with van der Waals surface area (Å²) in [7, 11) is 1.28. The van der Waals surface area contributed by atoms with Crippen molar-refractivity contribution in [2.75, 3.05) is 20.3 Å². The largest absolute Gasteiger partial charge is 0.490 e. The minimum atomic E-state index is -1.16. The predicted molar refractivity (Wildman–Crippen MR) is 174 cm³/mol. The summed E-state index contributed by atoms with van der Waals surface area (Å²) in [6.07, 6.45) is 0.461. The number of hydrogen-bond donors (Lipinski definition) is 4. The standard InChI is InChI=1S/C35H36N4O7/c1-4-44-30-18-25(33-32(34(41)43-3)22(2)37-35(42)38-33)15-17-29(30)46-21-31(40)39-36-19-27-26-13-9-8-12-24(26)14-16-28(27)45-20-23-10-6-5-7-11-23/h5-19,31,33,39-40H,4,20-21H2,1-3H3,(H2,37,38,42)/b36-19+/t31-,33-/m1/s1. The number of urea groups is 1. The van der Waals surface area contributed by atoms with Crippen molar-refractivity contribution in [2.24, 2.45) is 5.10 Å². The summed E-state index contributed by atoms with van der Waals surface area (Å²) in [4.78, 5) is 24.7. The van der Waals surface area contributed by atoms with Gasteiger partial charge in [0, 0.05) is 11.3 Å². The van der Waals surface area contributed by atoms with Crippen LogP contribution in [0.4, 0.5) is 4.79 Å². The van der Waals surface area contributed by atoms with E-state index in [1.165, 1.54) is 7.11 Å². The molecule has 0 aromatic heterocycles. The van der Waals surface area contributed by atoms with Gasteiger partial charge in [-0.2, -0.15) is 5.10 Å². The first-order valence-corrected chi connectivity index (χ1v) is 14.8. The van der Waals surface area contributed by atoms with Crippen molar-refractivity contribution in [3.63, 3.8) is 0 Å². The predicted octanol–water partition coefficient (Wildman–Crippen LogP) is 4.94. The lowest BCUT2D eigenvalue weighted by Crippen LogP contribution is -2.45. The molecule has 2 amide bonds. The van der Waals surface area contributed by atoms with Gasteiger partial charge in [0.1, 0.15) is 19.0 Å². The number of rotatable bonds is 13. The quantitative estimate of drug-likeness (QED) is 0.0710. The normalized spacial score (nSPS) is 15.2. The van der Waals surface area contributed by atoms with Crippen LogP contribution in [0, 0.1) is 0 Å². The van der Waals surface area contributed by atoms with E-state index < -0.39 is 24.3 Å². The molecule has 2 atom stereocenters. The molecule has 1 aliphatic heterocycles. The Morgan fingerprint density at radius 1 is 0.978 bits per heavy atom. The van der Waals surface area contributed by atoms with Crippen LogP contribution in [0.5, 0.6) is 17.2 Å². The zero-order chi connectivity index (χ0) is 32.5. The van der Waals surface area contributed by atoms with Gasteiger partial charge in [-0.05, 0) is 53.9 Å². The topological polar surface area (TPSA) is 140 Å². The molecule has 1 heterocycles. The Bertz CT molecular complexity index is 1760. The van der Waals surface area contributed by atoms with Crippen molar-refractivity contribution in [3.05, 3.63) is 113 Å². The molecule has 0 radical (unpaired) electrons. The van der Waals surface area contributed by atoms with Crippen molar-refractivity contribution >= 4 is 29.0 Å². The maximum Gasteiger partial charge on any atom is 0.337 e. The molecule has 5 rings (SSSR count). The van der Waals surface area contributed by atoms with E-state index in [4.69, 9.17) is 18.9 Å². The van der Waals surface area contributed by atoms with E-state index in [1.807, 2.05) is 73.7 Å². The molecule has 0 bridgehead atoms. The van der Waals surface area contributed by atoms with Gasteiger partial charge < -0.3 is 34.7 Å². The number of esters is 1. The summed E-state index contributed by atoms with van der Waals surface area (Å²) in [6, 6.07) is 25.6. The molecule has 4 aromatic carbocycles. The van der Waals surface area contributed by atoms with E-state index in [0.29, 0.717) is 41.7 Å². The highest BCUT2D eigenvalue weighted by Gasteiger charge is 2.32. The van der Waals surface area contributed by atoms with Gasteiger partial charge in [0.25, 0.3) is 0 Å². The number of nitrogens with one attached hydrogen (secondary N) is 3. The average Bonchev–Trinajstić information content (AvgIpc) is 3.07. The fraction of sp³-hybridized carbons (Fsp3) is 0.229. The third-order valence-corrected chi connectivity index (χ3v) is 7.26. The van der Waals surface area contributed by atoms with Crippen LogP contribution >= 0.6 is 0 Å². The molecule has 46 heavy (non-hydrogen) atoms. The number of carbonyl (C=O) groups is 2. The van der Waals surface area contributed by atoms with Gasteiger partial charge in [-0.25, -0.2) is 9.59 Å². The smallest absolute Gasteiger partial charge is 0.337 e. The number of amides is 2. The lowest BCUT2D eigenvalue weighted by molar-refractivity contribution is -0.136. The number of benzene rings is 4. The average molecular weight is 625 g/mol. The van der Waals surface area contributed by atoms with Crippen molar-refractivity contribution in [2.45, 2.75) is 32.7 Å². The van der Waals surface area contributed by atoms with E-state index in [9.17, 15) is 14.7 Å². The zero-order valence-electron chi connectivity index (χ0n) is 25.8. The number of hydrazone groups is 1. The second-order valence-corrected chi connectivity index (χ2v) is 10.4. The Balaban J connectivity index is 1.28. The van der Waals surface area contributed by atoms with Crippen LogP contribution in [0.1, 0.15) is 36.6 Å². The molecule has 4 aromatic rings. The number of allylic oxidation sites excluding steroid dienone is 1. The number of carbonyl (C=O) groups excluding carboxylic acids is 2. The summed E-state index contributed by atoms with van der Waals surface area (Å²) < 4.78 is 22.8. The van der Waals surface area contributed by atoms with Crippen LogP contribution in [-0.2, 0) is 16.1 Å². The SMILES string of the molecule is CCOc1cc([C@H]2NC(=O)NC(C)=C2C(=O)OC)ccc1OC[C@@H](O)N/N=C/c1c(OCc2ccccc2)ccc2ccccc12. The minimum absolute atomic E-state index is 0.153. The first kappa shape index (κ1) is 31.9. The van der Waals surface area contributed by atoms with Crippen LogP contribution in [0.3, 0.4) is 0 Å². The lowest BCUT2D eigenvalue weighted by atomic mass is 9.95. The van der Waals surface area contributed by atoms with Gasteiger partial charge in [0.15, 0.2) is 17.7 Å². The molecule has 11 nitrogen and oxygen atoms in total. The number of nitrogens with zero attached hydrogens (tertiary/aromatic N) is 1. The fourth-order valence-electron chi connectivity index (χ4n) is 5.08. The molecule has 0 spiro atoms. The highest BCUT2D eigenvalue weighted by atomic mass is 16.5. The van der Waals surface area contributed by atoms with Crippen molar-refractivity contribution in [1.29, 1.82) is 0 Å². The van der Waals surface area contributed by atoms with Gasteiger partial charge in [-0.3, -0.25) is 5.43 Å². The van der Waals surface area contributed by atoms with Crippen LogP contribution in [-0.4, -0.2) is 49.9 Å². The van der Waals surface area contributed by atoms with Crippen LogP contribution in [0.15, 0.2) is 101 Å². The van der Waals surface area contributed by atoms with Crippen molar-refractivity contribution in [3.8, 4) is 17.2 Å². The summed E-state index contributed by atoms with van der Waals surface area (Å²) in [5.41, 5.74) is 5.78. The van der Waals surface area contributed by atoms with Crippen LogP contribution < -0.4 is 30.3 Å². The molecule has 0 fully saturated rings. The Morgan fingerprint density at radius 2 is 1.74 bits per heavy atom. The molecule has 0 saturated carbocycles. The second-order valence-electron chi connectivity index (χ2n) is 10.4. The highest BCUT2D eigenvalue weighted by Crippen LogP contribution is 2.35. The molecule has 0 aliphatic carbocycles. The van der Waals surface area contributed by atoms with Gasteiger partial charge >= 0.3 is 12.0 Å². The first-order valence-electron chi connectivity index (χ1n) is 14.8. The van der Waals surface area contributed by atoms with Gasteiger partial charge in [-0.15, -0.1) is 0 Å². The monoisotopic (exact) mass is 624 g/mol. The first-order chi connectivity index (χ1) is 22.4. The van der Waals surface area contributed by atoms with Crippen molar-refractivity contribution in [1.82, 2.24) is 16.1 Å². The van der Waals surface area contributed by atoms with E-state index in [2.05, 4.69) is 21.2 Å². The maximum absolute atomic E-state index is 12.5. The summed E-state index contributed by atoms with van der Waals surface area (Å²) in [5, 5.41) is 22.3. The van der Waals surface area contributed by atoms with Gasteiger partial charge in [0.05, 0.1) is 31.5 Å². The molecule has 1 aliphatic rings. The summed E-state index contributed by atoms with van der Waals surface area (Å²) >= 11 is 0. The number of methoxy groups -OCH3 is 1. The highest BCUT2D eigenvalue weighted by molar-refractivity contribution is 6.02. The number of ether oxygens (including phenoxy) is 4. The van der Waals surface area contributed by atoms with Crippen LogP contribution in [0.2, 0.25) is 0 Å². The fourth-order valence-corrected chi connectivity index (χ4v) is 5.08. The Kier molecular flexibility index (Phi) is 10.4. The third-order valence-electron chi connectivity index (χ3n) is 7.26. The molecular formula is C35H36N4O7. The number of aliphatic hydroxyl groups excluding tert-OH is 1. The Labute approximate surface area is 266 Å². The van der Waals surface area contributed by atoms with E-state index in [-0.39, 0.29) is 12.2 Å². The van der Waals surface area contributed by atoms with Crippen LogP contribution in [0.25, 0.3) is 10.8 Å². The lowest BCUT2D eigenvalue weighted by Gasteiger charge is -2.28. The Morgan fingerprint density at radius 3 is 2.52 bits per heavy atom. The van der Waals surface area contributed by atoms with E-state index >= 15 is 0 Å². The van der Waals surface area contributed by atoms with E-state index in [0.717, 1.165) is 21.9 Å². The molecule has 4 N–H and O–H groups in total. The molecule has 0 unspecified atom stereocenters. The summed E-state index contributed by atoms with van der Waals surface area (Å²) in [5.74, 6) is 0.829. The zero-order valence-corrected chi connectivity index (χ0v) is 25.8. The molecule has 11 heteroatoms. The summed E-state index contributed by atoms with van der Waals surface area (Å²) in [6.45, 7) is 4.04. The minimum Gasteiger partial charge on any atom is -0.490 e. The number of fused-ring (bicyclic) bond motifs is 1. The molecule has 238 valence electrons. The maximum atomic E-state index is 12.5. The molecule has 0 saturated heterocycles. The van der Waals surface area contributed by atoms with E-state index in [1.54, 1.807) is 31.3 Å². The third kappa shape index (κ3) is 7.56. The van der Waals surface area contributed by atoms with Crippen molar-refractivity contribution < 1.29 is 33.6 Å². The number of hydrogen-bond acceptors (Lipinski definition) is 9. The second kappa shape index (κ2) is 15.0. The van der Waals surface area contributed by atoms with Gasteiger partial charge in [-0.1, -0.05) is 66.7 Å². The Hall–Kier alpha value is -5.55.